The molecule has 2 aliphatic rings. The lowest BCUT2D eigenvalue weighted by Crippen LogP contribution is -2.57. The van der Waals surface area contributed by atoms with Gasteiger partial charge < -0.3 is 10.4 Å². The van der Waals surface area contributed by atoms with Crippen molar-refractivity contribution in [2.45, 2.75) is 56.7 Å². The molecule has 110 valence electrons. The highest BCUT2D eigenvalue weighted by atomic mass is 19.4. The zero-order valence-corrected chi connectivity index (χ0v) is 10.8. The molecule has 2 N–H and O–H groups in total. The number of aliphatic hydroxyl groups excluding tert-OH is 1. The zero-order chi connectivity index (χ0) is 14.1. The predicted molar refractivity (Wildman–Crippen MR) is 63.3 cm³/mol. The SMILES string of the molecule is O=C(NC1(CO)CCC1)C1CCCC(C(F)(F)F)C1. The van der Waals surface area contributed by atoms with E-state index in [4.69, 9.17) is 0 Å². The number of carbonyl (C=O) groups excluding carboxylic acids is 1. The van der Waals surface area contributed by atoms with E-state index in [9.17, 15) is 23.1 Å². The number of alkyl halides is 3. The molecule has 2 rings (SSSR count). The van der Waals surface area contributed by atoms with Gasteiger partial charge in [-0.2, -0.15) is 13.2 Å². The molecule has 2 saturated carbocycles. The lowest BCUT2D eigenvalue weighted by molar-refractivity contribution is -0.186. The van der Waals surface area contributed by atoms with Gasteiger partial charge in [0.2, 0.25) is 5.91 Å². The van der Waals surface area contributed by atoms with Crippen molar-refractivity contribution in [2.24, 2.45) is 11.8 Å². The summed E-state index contributed by atoms with van der Waals surface area (Å²) >= 11 is 0. The maximum absolute atomic E-state index is 12.7. The minimum Gasteiger partial charge on any atom is -0.394 e. The number of carbonyl (C=O) groups is 1. The molecule has 2 atom stereocenters. The summed E-state index contributed by atoms with van der Waals surface area (Å²) in [5.74, 6) is -2.24. The van der Waals surface area contributed by atoms with Gasteiger partial charge in [-0.05, 0) is 38.5 Å². The number of amides is 1. The Morgan fingerprint density at radius 1 is 1.26 bits per heavy atom. The van der Waals surface area contributed by atoms with Crippen molar-refractivity contribution in [3.05, 3.63) is 0 Å². The fourth-order valence-electron chi connectivity index (χ4n) is 3.01. The number of rotatable bonds is 3. The molecular weight excluding hydrogens is 259 g/mol. The Bertz CT molecular complexity index is 334. The van der Waals surface area contributed by atoms with Crippen molar-refractivity contribution >= 4 is 5.91 Å². The van der Waals surface area contributed by atoms with Crippen LogP contribution in [0.4, 0.5) is 13.2 Å². The first-order valence-corrected chi connectivity index (χ1v) is 6.86. The van der Waals surface area contributed by atoms with Crippen LogP contribution in [0.5, 0.6) is 0 Å². The summed E-state index contributed by atoms with van der Waals surface area (Å²) in [6, 6.07) is 0. The average molecular weight is 279 g/mol. The molecule has 2 aliphatic carbocycles. The molecule has 0 aliphatic heterocycles. The molecule has 2 unspecified atom stereocenters. The highest BCUT2D eigenvalue weighted by Crippen LogP contribution is 2.40. The second kappa shape index (κ2) is 5.31. The van der Waals surface area contributed by atoms with Crippen LogP contribution in [0.25, 0.3) is 0 Å². The highest BCUT2D eigenvalue weighted by molar-refractivity contribution is 5.79. The van der Waals surface area contributed by atoms with Gasteiger partial charge in [0, 0.05) is 5.92 Å². The number of hydrogen-bond acceptors (Lipinski definition) is 2. The first-order chi connectivity index (χ1) is 8.86. The standard InChI is InChI=1S/C13H20F3NO2/c14-13(15,16)10-4-1-3-9(7-10)11(19)17-12(8-18)5-2-6-12/h9-10,18H,1-8H2,(H,17,19). The van der Waals surface area contributed by atoms with Crippen molar-refractivity contribution in [1.82, 2.24) is 5.32 Å². The van der Waals surface area contributed by atoms with Crippen LogP contribution < -0.4 is 5.32 Å². The largest absolute Gasteiger partial charge is 0.394 e. The van der Waals surface area contributed by atoms with Crippen molar-refractivity contribution in [1.29, 1.82) is 0 Å². The predicted octanol–water partition coefficient (Wildman–Crippen LogP) is 2.39. The highest BCUT2D eigenvalue weighted by Gasteiger charge is 2.45. The van der Waals surface area contributed by atoms with Crippen molar-refractivity contribution in [3.8, 4) is 0 Å². The molecule has 0 aromatic carbocycles. The minimum absolute atomic E-state index is 0.114. The van der Waals surface area contributed by atoms with Gasteiger partial charge in [-0.1, -0.05) is 6.42 Å². The van der Waals surface area contributed by atoms with Gasteiger partial charge in [0.25, 0.3) is 0 Å². The molecule has 1 amide bonds. The summed E-state index contributed by atoms with van der Waals surface area (Å²) in [5.41, 5.74) is -0.567. The molecule has 6 heteroatoms. The van der Waals surface area contributed by atoms with Crippen LogP contribution in [-0.2, 0) is 4.79 Å². The van der Waals surface area contributed by atoms with E-state index >= 15 is 0 Å². The van der Waals surface area contributed by atoms with E-state index in [1.807, 2.05) is 0 Å². The fourth-order valence-corrected chi connectivity index (χ4v) is 3.01. The van der Waals surface area contributed by atoms with Gasteiger partial charge in [0.05, 0.1) is 18.1 Å². The summed E-state index contributed by atoms with van der Waals surface area (Å²) in [6.45, 7) is -0.131. The summed E-state index contributed by atoms with van der Waals surface area (Å²) in [4.78, 5) is 12.0. The summed E-state index contributed by atoms with van der Waals surface area (Å²) in [6.07, 6.45) is -0.875. The van der Waals surface area contributed by atoms with Gasteiger partial charge in [0.1, 0.15) is 0 Å². The lowest BCUT2D eigenvalue weighted by atomic mass is 9.75. The van der Waals surface area contributed by atoms with Gasteiger partial charge >= 0.3 is 6.18 Å². The molecule has 0 bridgehead atoms. The van der Waals surface area contributed by atoms with E-state index in [-0.39, 0.29) is 25.4 Å². The zero-order valence-electron chi connectivity index (χ0n) is 10.8. The second-order valence-corrected chi connectivity index (χ2v) is 5.88. The van der Waals surface area contributed by atoms with E-state index in [0.717, 1.165) is 6.42 Å². The van der Waals surface area contributed by atoms with Crippen LogP contribution in [0.3, 0.4) is 0 Å². The van der Waals surface area contributed by atoms with E-state index in [1.165, 1.54) is 0 Å². The Morgan fingerprint density at radius 2 is 1.95 bits per heavy atom. The molecule has 0 saturated heterocycles. The molecule has 19 heavy (non-hydrogen) atoms. The molecule has 3 nitrogen and oxygen atoms in total. The number of nitrogens with one attached hydrogen (secondary N) is 1. The number of halogens is 3. The molecule has 0 aromatic heterocycles. The summed E-state index contributed by atoms with van der Waals surface area (Å²) in [5, 5.41) is 12.0. The van der Waals surface area contributed by atoms with E-state index in [2.05, 4.69) is 5.32 Å². The first kappa shape index (κ1) is 14.6. The minimum atomic E-state index is -4.20. The Hall–Kier alpha value is -0.780. The van der Waals surface area contributed by atoms with Crippen LogP contribution in [0.2, 0.25) is 0 Å². The molecule has 0 heterocycles. The van der Waals surface area contributed by atoms with Crippen LogP contribution in [0.1, 0.15) is 44.9 Å². The first-order valence-electron chi connectivity index (χ1n) is 6.86. The van der Waals surface area contributed by atoms with Crippen molar-refractivity contribution < 1.29 is 23.1 Å². The van der Waals surface area contributed by atoms with E-state index in [1.54, 1.807) is 0 Å². The normalized spacial score (nSPS) is 30.5. The van der Waals surface area contributed by atoms with Gasteiger partial charge in [0.15, 0.2) is 0 Å². The molecular formula is C13H20F3NO2. The number of aliphatic hydroxyl groups is 1. The fraction of sp³-hybridized carbons (Fsp3) is 0.923. The monoisotopic (exact) mass is 279 g/mol. The molecule has 0 aromatic rings. The topological polar surface area (TPSA) is 49.3 Å². The third-order valence-corrected chi connectivity index (χ3v) is 4.51. The second-order valence-electron chi connectivity index (χ2n) is 5.88. The van der Waals surface area contributed by atoms with E-state index in [0.29, 0.717) is 25.7 Å². The molecule has 2 fully saturated rings. The van der Waals surface area contributed by atoms with Gasteiger partial charge in [-0.15, -0.1) is 0 Å². The Kier molecular flexibility index (Phi) is 4.08. The lowest BCUT2D eigenvalue weighted by Gasteiger charge is -2.42. The smallest absolute Gasteiger partial charge is 0.391 e. The quantitative estimate of drug-likeness (QED) is 0.833. The third-order valence-electron chi connectivity index (χ3n) is 4.51. The van der Waals surface area contributed by atoms with Crippen molar-refractivity contribution in [3.63, 3.8) is 0 Å². The third kappa shape index (κ3) is 3.22. The molecule has 0 radical (unpaired) electrons. The van der Waals surface area contributed by atoms with Crippen LogP contribution in [0, 0.1) is 11.8 Å². The van der Waals surface area contributed by atoms with Crippen LogP contribution >= 0.6 is 0 Å². The molecule has 0 spiro atoms. The summed E-state index contributed by atoms with van der Waals surface area (Å²) < 4.78 is 38.1. The van der Waals surface area contributed by atoms with Gasteiger partial charge in [-0.3, -0.25) is 4.79 Å². The Labute approximate surface area is 110 Å². The van der Waals surface area contributed by atoms with Crippen LogP contribution in [0.15, 0.2) is 0 Å². The van der Waals surface area contributed by atoms with Crippen LogP contribution in [-0.4, -0.2) is 29.3 Å². The van der Waals surface area contributed by atoms with Crippen molar-refractivity contribution in [2.75, 3.05) is 6.61 Å². The van der Waals surface area contributed by atoms with Gasteiger partial charge in [-0.25, -0.2) is 0 Å². The Morgan fingerprint density at radius 3 is 2.42 bits per heavy atom. The maximum atomic E-state index is 12.7. The summed E-state index contributed by atoms with van der Waals surface area (Å²) in [7, 11) is 0. The number of hydrogen-bond donors (Lipinski definition) is 2. The average Bonchev–Trinajstić information content (AvgIpc) is 2.32. The maximum Gasteiger partial charge on any atom is 0.391 e. The Balaban J connectivity index is 1.92. The van der Waals surface area contributed by atoms with E-state index < -0.39 is 23.6 Å².